The lowest BCUT2D eigenvalue weighted by Crippen LogP contribution is -2.60. The highest BCUT2D eigenvalue weighted by molar-refractivity contribution is 6.58. The monoisotopic (exact) mass is 722 g/mol. The number of carbonyl (C=O) groups excluding carboxylic acids is 4. The van der Waals surface area contributed by atoms with Gasteiger partial charge in [0.1, 0.15) is 11.4 Å². The Morgan fingerprint density at radius 3 is 2.14 bits per heavy atom. The maximum Gasteiger partial charge on any atom is 0.305 e. The molecule has 0 radical (unpaired) electrons. The van der Waals surface area contributed by atoms with Crippen LogP contribution in [0, 0.1) is 46.8 Å². The van der Waals surface area contributed by atoms with Crippen molar-refractivity contribution in [1.29, 1.82) is 0 Å². The number of amides is 4. The average Bonchev–Trinajstić information content (AvgIpc) is 3.40. The second-order valence-electron chi connectivity index (χ2n) is 12.4. The van der Waals surface area contributed by atoms with E-state index in [1.807, 2.05) is 0 Å². The number of hydrogen-bond acceptors (Lipinski definition) is 6. The smallest absolute Gasteiger partial charge is 0.305 e. The molecule has 7 rings (SSSR count). The first-order chi connectivity index (χ1) is 23.1. The first kappa shape index (κ1) is 33.0. The summed E-state index contributed by atoms with van der Waals surface area (Å²) < 4.78 is 73.2. The Bertz CT molecular complexity index is 2080. The predicted octanol–water partition coefficient (Wildman–Crippen LogP) is 5.28. The number of benzene rings is 3. The number of fused-ring (bicyclic) bond motifs is 5. The summed E-state index contributed by atoms with van der Waals surface area (Å²) >= 11 is 14.2. The van der Waals surface area contributed by atoms with Crippen molar-refractivity contribution in [3.8, 4) is 5.75 Å². The summed E-state index contributed by atoms with van der Waals surface area (Å²) in [6.07, 6.45) is 0.0688. The van der Waals surface area contributed by atoms with Crippen LogP contribution in [-0.2, 0) is 24.0 Å². The second-order valence-corrected chi connectivity index (χ2v) is 13.6. The van der Waals surface area contributed by atoms with Crippen LogP contribution in [0.3, 0.4) is 0 Å². The van der Waals surface area contributed by atoms with E-state index in [4.69, 9.17) is 23.2 Å². The summed E-state index contributed by atoms with van der Waals surface area (Å²) in [5, 5.41) is 21.5. The summed E-state index contributed by atoms with van der Waals surface area (Å²) in [6, 6.07) is 9.34. The summed E-state index contributed by atoms with van der Waals surface area (Å²) in [5.74, 6) is -24.2. The van der Waals surface area contributed by atoms with Crippen LogP contribution in [0.15, 0.2) is 48.0 Å². The van der Waals surface area contributed by atoms with Crippen LogP contribution in [-0.4, -0.2) is 61.0 Å². The number of imide groups is 2. The number of nitrogens with zero attached hydrogens (tertiary/aromatic N) is 2. The van der Waals surface area contributed by atoms with E-state index in [9.17, 15) is 47.4 Å². The summed E-state index contributed by atoms with van der Waals surface area (Å²) in [6.45, 7) is -0.464. The van der Waals surface area contributed by atoms with Crippen molar-refractivity contribution < 1.29 is 56.1 Å². The van der Waals surface area contributed by atoms with Crippen LogP contribution in [0.25, 0.3) is 10.8 Å². The van der Waals surface area contributed by atoms with Gasteiger partial charge < -0.3 is 10.2 Å². The van der Waals surface area contributed by atoms with Crippen LogP contribution in [0.4, 0.5) is 27.6 Å². The molecule has 0 spiro atoms. The Morgan fingerprint density at radius 2 is 1.49 bits per heavy atom. The number of aliphatic carboxylic acids is 1. The molecule has 1 saturated carbocycles. The van der Waals surface area contributed by atoms with Crippen molar-refractivity contribution in [2.75, 3.05) is 11.4 Å². The van der Waals surface area contributed by atoms with Gasteiger partial charge in [0, 0.05) is 23.4 Å². The van der Waals surface area contributed by atoms with E-state index < -0.39 is 123 Å². The predicted molar refractivity (Wildman–Crippen MR) is 161 cm³/mol. The van der Waals surface area contributed by atoms with E-state index in [-0.39, 0.29) is 27.8 Å². The molecular formula is C33H21Cl2F5N2O7. The minimum Gasteiger partial charge on any atom is -0.507 e. The van der Waals surface area contributed by atoms with Crippen molar-refractivity contribution in [3.05, 3.63) is 82.7 Å². The molecule has 2 heterocycles. The van der Waals surface area contributed by atoms with Gasteiger partial charge in [0.2, 0.25) is 17.6 Å². The third-order valence-electron chi connectivity index (χ3n) is 10.1. The number of phenolic OH excluding ortho intramolecular Hbond substituents is 1. The lowest BCUT2D eigenvalue weighted by atomic mass is 9.56. The molecule has 2 aliphatic heterocycles. The van der Waals surface area contributed by atoms with Crippen LogP contribution in [0.1, 0.15) is 30.7 Å². The number of phenols is 1. The fourth-order valence-corrected chi connectivity index (χ4v) is 8.84. The number of anilines is 1. The molecule has 3 fully saturated rings. The summed E-state index contributed by atoms with van der Waals surface area (Å²) in [5.41, 5.74) is -1.88. The lowest BCUT2D eigenvalue weighted by molar-refractivity contribution is -0.142. The van der Waals surface area contributed by atoms with Gasteiger partial charge in [-0.1, -0.05) is 48.0 Å². The standard InChI is InChI=1S/C33H21Cl2F5N2O7/c34-32-11-17-14(7-8-15-19(17)29(47)41(28(15)46)10-9-18(43)44)20(16-6-5-12-3-1-2-4-13(12)27(16)45)33(32,35)31(49)42(30(32)48)26-24(39)22(37)21(36)23(38)25(26)40/h1-7,15,17,19-20,45H,8-11H2,(H,43,44)/t15-,17+,19-,20+,32+,33-/m0/s1. The maximum absolute atomic E-state index is 15.2. The SMILES string of the molecule is O=C(O)CCN1C(=O)[C@H]2[C@H](CC=C3[C@H]2C[C@@]2(Cl)C(=O)N(c4c(F)c(F)c(F)c(F)c4F)C(=O)[C@@]2(Cl)[C@H]3c2ccc3ccccc3c2O)C1=O. The van der Waals surface area contributed by atoms with E-state index in [0.717, 1.165) is 4.90 Å². The zero-order chi connectivity index (χ0) is 35.5. The molecule has 2 saturated heterocycles. The van der Waals surface area contributed by atoms with Crippen LogP contribution in [0.2, 0.25) is 0 Å². The van der Waals surface area contributed by atoms with Gasteiger partial charge in [-0.05, 0) is 24.1 Å². The van der Waals surface area contributed by atoms with E-state index in [2.05, 4.69) is 0 Å². The van der Waals surface area contributed by atoms with Gasteiger partial charge in [0.05, 0.1) is 18.3 Å². The van der Waals surface area contributed by atoms with E-state index in [0.29, 0.717) is 5.39 Å². The molecule has 2 N–H and O–H groups in total. The molecule has 16 heteroatoms. The summed E-state index contributed by atoms with van der Waals surface area (Å²) in [4.78, 5) is 61.9. The Labute approximate surface area is 282 Å². The van der Waals surface area contributed by atoms with Crippen molar-refractivity contribution in [1.82, 2.24) is 4.90 Å². The largest absolute Gasteiger partial charge is 0.507 e. The van der Waals surface area contributed by atoms with Crippen molar-refractivity contribution in [2.24, 2.45) is 17.8 Å². The highest BCUT2D eigenvalue weighted by Gasteiger charge is 2.77. The number of alkyl halides is 2. The number of halogens is 7. The quantitative estimate of drug-likeness (QED) is 0.0915. The minimum absolute atomic E-state index is 0.118. The molecule has 6 atom stereocenters. The zero-order valence-corrected chi connectivity index (χ0v) is 26.2. The number of carboxylic acid groups (broad SMARTS) is 1. The molecular weight excluding hydrogens is 702 g/mol. The molecule has 2 aliphatic carbocycles. The molecule has 0 aromatic heterocycles. The van der Waals surface area contributed by atoms with Gasteiger partial charge >= 0.3 is 5.97 Å². The van der Waals surface area contributed by atoms with Gasteiger partial charge in [-0.2, -0.15) is 0 Å². The number of allylic oxidation sites excluding steroid dienone is 2. The first-order valence-electron chi connectivity index (χ1n) is 14.8. The van der Waals surface area contributed by atoms with E-state index >= 15 is 8.78 Å². The number of rotatable bonds is 5. The highest BCUT2D eigenvalue weighted by Crippen LogP contribution is 2.67. The molecule has 49 heavy (non-hydrogen) atoms. The number of hydrogen-bond donors (Lipinski definition) is 2. The van der Waals surface area contributed by atoms with Gasteiger partial charge in [-0.3, -0.25) is 28.9 Å². The lowest BCUT2D eigenvalue weighted by Gasteiger charge is -2.50. The van der Waals surface area contributed by atoms with E-state index in [1.54, 1.807) is 18.2 Å². The molecule has 0 unspecified atom stereocenters. The molecule has 0 bridgehead atoms. The van der Waals surface area contributed by atoms with Crippen LogP contribution in [0.5, 0.6) is 5.75 Å². The van der Waals surface area contributed by atoms with Crippen molar-refractivity contribution in [3.63, 3.8) is 0 Å². The zero-order valence-electron chi connectivity index (χ0n) is 24.7. The van der Waals surface area contributed by atoms with Gasteiger partial charge in [-0.15, -0.1) is 23.2 Å². The van der Waals surface area contributed by atoms with Gasteiger partial charge in [-0.25, -0.2) is 26.9 Å². The Balaban J connectivity index is 1.46. The molecule has 9 nitrogen and oxygen atoms in total. The van der Waals surface area contributed by atoms with Crippen LogP contribution >= 0.6 is 23.2 Å². The Morgan fingerprint density at radius 1 is 0.857 bits per heavy atom. The highest BCUT2D eigenvalue weighted by atomic mass is 35.5. The number of likely N-dealkylation sites (tertiary alicyclic amines) is 1. The maximum atomic E-state index is 15.2. The molecule has 3 aromatic carbocycles. The Kier molecular flexibility index (Phi) is 7.38. The third-order valence-corrected chi connectivity index (χ3v) is 11.5. The topological polar surface area (TPSA) is 132 Å². The number of carbonyl (C=O) groups is 5. The average molecular weight is 723 g/mol. The number of aromatic hydroxyl groups is 1. The normalized spacial score (nSPS) is 29.3. The first-order valence-corrected chi connectivity index (χ1v) is 15.6. The van der Waals surface area contributed by atoms with E-state index in [1.165, 1.54) is 24.3 Å². The third kappa shape index (κ3) is 4.19. The van der Waals surface area contributed by atoms with Crippen molar-refractivity contribution in [2.45, 2.75) is 34.9 Å². The van der Waals surface area contributed by atoms with Gasteiger partial charge in [0.25, 0.3) is 11.8 Å². The molecule has 254 valence electrons. The van der Waals surface area contributed by atoms with Gasteiger partial charge in [0.15, 0.2) is 33.0 Å². The second kappa shape index (κ2) is 11.0. The van der Waals surface area contributed by atoms with Crippen molar-refractivity contribution >= 4 is 69.3 Å². The van der Waals surface area contributed by atoms with Crippen LogP contribution < -0.4 is 4.90 Å². The molecule has 3 aromatic rings. The minimum atomic E-state index is -2.80. The number of carboxylic acids is 1. The fourth-order valence-electron chi connectivity index (χ4n) is 7.91. The molecule has 4 aliphatic rings. The Hall–Kier alpha value is -4.56. The fraction of sp³-hybridized carbons (Fsp3) is 0.303. The molecule has 4 amide bonds. The summed E-state index contributed by atoms with van der Waals surface area (Å²) in [7, 11) is 0.